The molecule has 0 heterocycles. The molecule has 2 atom stereocenters. The number of aliphatic hydroxyl groups is 1. The molecule has 21 heavy (non-hydrogen) atoms. The zero-order chi connectivity index (χ0) is 14.8. The normalized spacial score (nSPS) is 20.3. The van der Waals surface area contributed by atoms with E-state index in [4.69, 9.17) is 4.74 Å². The summed E-state index contributed by atoms with van der Waals surface area (Å²) in [6.45, 7) is 2.39. The minimum Gasteiger partial charge on any atom is -0.497 e. The van der Waals surface area contributed by atoms with E-state index in [0.29, 0.717) is 11.8 Å². The third-order valence-corrected chi connectivity index (χ3v) is 4.60. The summed E-state index contributed by atoms with van der Waals surface area (Å²) in [5, 5.41) is 9.72. The molecule has 2 nitrogen and oxygen atoms in total. The van der Waals surface area contributed by atoms with E-state index in [2.05, 4.69) is 37.3 Å². The van der Waals surface area contributed by atoms with Crippen LogP contribution in [-0.2, 0) is 12.8 Å². The second-order valence-corrected chi connectivity index (χ2v) is 6.01. The zero-order valence-electron chi connectivity index (χ0n) is 12.7. The molecule has 0 amide bonds. The van der Waals surface area contributed by atoms with Gasteiger partial charge in [-0.1, -0.05) is 35.9 Å². The van der Waals surface area contributed by atoms with Crippen LogP contribution in [0.4, 0.5) is 0 Å². The Morgan fingerprint density at radius 2 is 1.90 bits per heavy atom. The molecule has 1 N–H and O–H groups in total. The molecule has 0 saturated heterocycles. The van der Waals surface area contributed by atoms with Crippen molar-refractivity contribution in [2.75, 3.05) is 13.7 Å². The second kappa shape index (κ2) is 5.90. The molecule has 1 aliphatic carbocycles. The van der Waals surface area contributed by atoms with Crippen molar-refractivity contribution in [3.8, 4) is 5.75 Å². The summed E-state index contributed by atoms with van der Waals surface area (Å²) in [6.07, 6.45) is 1.97. The molecule has 0 saturated carbocycles. The van der Waals surface area contributed by atoms with Gasteiger partial charge in [-0.3, -0.25) is 0 Å². The number of methoxy groups -OCH3 is 1. The van der Waals surface area contributed by atoms with Crippen molar-refractivity contribution in [2.24, 2.45) is 5.92 Å². The van der Waals surface area contributed by atoms with Crippen molar-refractivity contribution < 1.29 is 9.84 Å². The molecule has 0 fully saturated rings. The Kier molecular flexibility index (Phi) is 3.98. The van der Waals surface area contributed by atoms with Crippen LogP contribution >= 0.6 is 0 Å². The molecule has 1 aliphatic rings. The third kappa shape index (κ3) is 2.81. The predicted molar refractivity (Wildman–Crippen MR) is 84.9 cm³/mol. The fraction of sp³-hybridized carbons (Fsp3) is 0.368. The summed E-state index contributed by atoms with van der Waals surface area (Å²) in [5.41, 5.74) is 5.42. The highest BCUT2D eigenvalue weighted by molar-refractivity contribution is 5.40. The number of benzene rings is 2. The van der Waals surface area contributed by atoms with Gasteiger partial charge in [0.15, 0.2) is 0 Å². The van der Waals surface area contributed by atoms with Crippen LogP contribution in [0.1, 0.15) is 28.2 Å². The van der Waals surface area contributed by atoms with E-state index >= 15 is 0 Å². The van der Waals surface area contributed by atoms with Gasteiger partial charge in [-0.25, -0.2) is 0 Å². The SMILES string of the molecule is COc1ccc(C[C@H]2c3ccc(C)cc3C[C@H]2CO)cc1. The van der Waals surface area contributed by atoms with Gasteiger partial charge in [0.2, 0.25) is 0 Å². The summed E-state index contributed by atoms with van der Waals surface area (Å²) >= 11 is 0. The highest BCUT2D eigenvalue weighted by atomic mass is 16.5. The maximum Gasteiger partial charge on any atom is 0.118 e. The Hall–Kier alpha value is -1.80. The molecule has 0 spiro atoms. The number of aliphatic hydroxyl groups excluding tert-OH is 1. The number of aryl methyl sites for hydroxylation is 1. The molecule has 0 unspecified atom stereocenters. The molecule has 2 aromatic carbocycles. The van der Waals surface area contributed by atoms with Crippen LogP contribution in [0.25, 0.3) is 0 Å². The molecular formula is C19H22O2. The standard InChI is InChI=1S/C19H22O2/c1-13-3-8-18-15(9-13)11-16(12-20)19(18)10-14-4-6-17(21-2)7-5-14/h3-9,16,19-20H,10-12H2,1-2H3/t16-,19+/m0/s1. The molecule has 2 heteroatoms. The Balaban J connectivity index is 1.86. The van der Waals surface area contributed by atoms with E-state index in [1.54, 1.807) is 7.11 Å². The molecule has 0 bridgehead atoms. The second-order valence-electron chi connectivity index (χ2n) is 6.01. The number of ether oxygens (including phenoxy) is 1. The Bertz CT molecular complexity index is 616. The van der Waals surface area contributed by atoms with Crippen molar-refractivity contribution in [3.05, 3.63) is 64.7 Å². The van der Waals surface area contributed by atoms with E-state index in [1.165, 1.54) is 22.3 Å². The lowest BCUT2D eigenvalue weighted by Gasteiger charge is -2.19. The van der Waals surface area contributed by atoms with Crippen LogP contribution in [0.3, 0.4) is 0 Å². The van der Waals surface area contributed by atoms with Crippen LogP contribution in [0.15, 0.2) is 42.5 Å². The number of rotatable bonds is 4. The zero-order valence-corrected chi connectivity index (χ0v) is 12.7. The number of fused-ring (bicyclic) bond motifs is 1. The van der Waals surface area contributed by atoms with Crippen molar-refractivity contribution >= 4 is 0 Å². The lowest BCUT2D eigenvalue weighted by Crippen LogP contribution is -2.14. The average molecular weight is 282 g/mol. The summed E-state index contributed by atoms with van der Waals surface area (Å²) in [7, 11) is 1.69. The third-order valence-electron chi connectivity index (χ3n) is 4.60. The Morgan fingerprint density at radius 3 is 2.57 bits per heavy atom. The van der Waals surface area contributed by atoms with E-state index < -0.39 is 0 Å². The molecule has 0 aliphatic heterocycles. The first-order chi connectivity index (χ1) is 10.2. The van der Waals surface area contributed by atoms with Gasteiger partial charge in [-0.2, -0.15) is 0 Å². The van der Waals surface area contributed by atoms with E-state index in [-0.39, 0.29) is 6.61 Å². The molecule has 2 aromatic rings. The molecule has 3 rings (SSSR count). The van der Waals surface area contributed by atoms with Crippen LogP contribution < -0.4 is 4.74 Å². The van der Waals surface area contributed by atoms with Crippen molar-refractivity contribution in [2.45, 2.75) is 25.7 Å². The lowest BCUT2D eigenvalue weighted by molar-refractivity contribution is 0.212. The van der Waals surface area contributed by atoms with Gasteiger partial charge in [-0.05, 0) is 60.4 Å². The van der Waals surface area contributed by atoms with Crippen molar-refractivity contribution in [3.63, 3.8) is 0 Å². The first-order valence-electron chi connectivity index (χ1n) is 7.54. The fourth-order valence-corrected chi connectivity index (χ4v) is 3.44. The van der Waals surface area contributed by atoms with Gasteiger partial charge >= 0.3 is 0 Å². The largest absolute Gasteiger partial charge is 0.497 e. The topological polar surface area (TPSA) is 29.5 Å². The molecular weight excluding hydrogens is 260 g/mol. The van der Waals surface area contributed by atoms with E-state index in [1.807, 2.05) is 12.1 Å². The quantitative estimate of drug-likeness (QED) is 0.930. The maximum absolute atomic E-state index is 9.72. The molecule has 110 valence electrons. The van der Waals surface area contributed by atoms with Gasteiger partial charge < -0.3 is 9.84 Å². The van der Waals surface area contributed by atoms with Crippen LogP contribution in [0.2, 0.25) is 0 Å². The summed E-state index contributed by atoms with van der Waals surface area (Å²) in [5.74, 6) is 1.64. The van der Waals surface area contributed by atoms with Gasteiger partial charge in [0.1, 0.15) is 5.75 Å². The van der Waals surface area contributed by atoms with Crippen LogP contribution in [0.5, 0.6) is 5.75 Å². The summed E-state index contributed by atoms with van der Waals surface area (Å²) in [4.78, 5) is 0. The van der Waals surface area contributed by atoms with Crippen molar-refractivity contribution in [1.29, 1.82) is 0 Å². The lowest BCUT2D eigenvalue weighted by atomic mass is 9.87. The minimum atomic E-state index is 0.258. The van der Waals surface area contributed by atoms with E-state index in [9.17, 15) is 5.11 Å². The summed E-state index contributed by atoms with van der Waals surface area (Å²) < 4.78 is 5.21. The highest BCUT2D eigenvalue weighted by Gasteiger charge is 2.31. The molecule has 0 radical (unpaired) electrons. The Labute approximate surface area is 126 Å². The molecule has 0 aromatic heterocycles. The summed E-state index contributed by atoms with van der Waals surface area (Å²) in [6, 6.07) is 15.0. The highest BCUT2D eigenvalue weighted by Crippen LogP contribution is 2.40. The predicted octanol–water partition coefficient (Wildman–Crippen LogP) is 3.49. The minimum absolute atomic E-state index is 0.258. The van der Waals surface area contributed by atoms with Gasteiger partial charge in [0, 0.05) is 6.61 Å². The number of hydrogen-bond acceptors (Lipinski definition) is 2. The number of hydrogen-bond donors (Lipinski definition) is 1. The fourth-order valence-electron chi connectivity index (χ4n) is 3.44. The Morgan fingerprint density at radius 1 is 1.14 bits per heavy atom. The smallest absolute Gasteiger partial charge is 0.118 e. The van der Waals surface area contributed by atoms with Crippen LogP contribution in [-0.4, -0.2) is 18.8 Å². The average Bonchev–Trinajstić information content (AvgIpc) is 2.85. The van der Waals surface area contributed by atoms with E-state index in [0.717, 1.165) is 18.6 Å². The maximum atomic E-state index is 9.72. The van der Waals surface area contributed by atoms with Gasteiger partial charge in [0.05, 0.1) is 7.11 Å². The van der Waals surface area contributed by atoms with Crippen LogP contribution in [0, 0.1) is 12.8 Å². The monoisotopic (exact) mass is 282 g/mol. The van der Waals surface area contributed by atoms with Gasteiger partial charge in [0.25, 0.3) is 0 Å². The first-order valence-corrected chi connectivity index (χ1v) is 7.54. The van der Waals surface area contributed by atoms with Crippen molar-refractivity contribution in [1.82, 2.24) is 0 Å². The first kappa shape index (κ1) is 14.2. The van der Waals surface area contributed by atoms with Gasteiger partial charge in [-0.15, -0.1) is 0 Å².